The number of benzene rings is 1. The van der Waals surface area contributed by atoms with Crippen LogP contribution in [0.15, 0.2) is 36.4 Å². The Morgan fingerprint density at radius 2 is 2.14 bits per heavy atom. The molecule has 0 aliphatic rings. The lowest BCUT2D eigenvalue weighted by atomic mass is 10.1. The summed E-state index contributed by atoms with van der Waals surface area (Å²) >= 11 is 0. The van der Waals surface area contributed by atoms with Crippen LogP contribution in [0.1, 0.15) is 23.7 Å². The number of ether oxygens (including phenoxy) is 1. The number of nitrogens with one attached hydrogen (secondary N) is 1. The van der Waals surface area contributed by atoms with Crippen LogP contribution in [0.3, 0.4) is 0 Å². The van der Waals surface area contributed by atoms with Gasteiger partial charge in [-0.1, -0.05) is 12.1 Å². The van der Waals surface area contributed by atoms with Crippen molar-refractivity contribution in [2.75, 3.05) is 6.61 Å². The fourth-order valence-electron chi connectivity index (χ4n) is 1.58. The number of hydrogen-bond acceptors (Lipinski definition) is 4. The minimum absolute atomic E-state index is 0.0145. The lowest BCUT2D eigenvalue weighted by Crippen LogP contribution is -2.40. The van der Waals surface area contributed by atoms with Crippen molar-refractivity contribution in [2.24, 2.45) is 0 Å². The van der Waals surface area contributed by atoms with E-state index in [1.165, 1.54) is 24.3 Å². The molecule has 0 radical (unpaired) electrons. The number of rotatable bonds is 7. The van der Waals surface area contributed by atoms with Crippen molar-refractivity contribution in [2.45, 2.75) is 19.4 Å². The van der Waals surface area contributed by atoms with E-state index in [0.717, 1.165) is 12.1 Å². The van der Waals surface area contributed by atoms with Crippen molar-refractivity contribution in [1.82, 2.24) is 5.32 Å². The first-order chi connectivity index (χ1) is 10.4. The monoisotopic (exact) mass is 309 g/mol. The molecule has 2 N–H and O–H groups in total. The largest absolute Gasteiger partial charge is 0.480 e. The van der Waals surface area contributed by atoms with Crippen molar-refractivity contribution in [3.63, 3.8) is 0 Å². The van der Waals surface area contributed by atoms with Crippen LogP contribution < -0.4 is 5.32 Å². The summed E-state index contributed by atoms with van der Waals surface area (Å²) in [6.45, 7) is 1.85. The standard InChI is InChI=1S/C15H16FNO5/c1-2-22-13(18)8-4-7-12(15(20)21)17-14(19)10-5-3-6-11(16)9-10/h3-6,8-9,12H,2,7H2,1H3,(H,17,19)(H,20,21)/b8-4+/t12-/m0/s1. The molecule has 1 atom stereocenters. The second-order valence-electron chi connectivity index (χ2n) is 4.26. The number of hydrogen-bond donors (Lipinski definition) is 2. The van der Waals surface area contributed by atoms with E-state index < -0.39 is 29.7 Å². The Kier molecular flexibility index (Phi) is 6.75. The molecule has 6 nitrogen and oxygen atoms in total. The molecule has 1 rings (SSSR count). The molecule has 0 aromatic heterocycles. The third kappa shape index (κ3) is 5.74. The van der Waals surface area contributed by atoms with E-state index in [0.29, 0.717) is 0 Å². The number of amides is 1. The maximum Gasteiger partial charge on any atom is 0.330 e. The van der Waals surface area contributed by atoms with Crippen LogP contribution in [0.2, 0.25) is 0 Å². The fraction of sp³-hybridized carbons (Fsp3) is 0.267. The van der Waals surface area contributed by atoms with Gasteiger partial charge < -0.3 is 15.2 Å². The second kappa shape index (κ2) is 8.56. The molecule has 0 fully saturated rings. The van der Waals surface area contributed by atoms with Crippen molar-refractivity contribution in [1.29, 1.82) is 0 Å². The third-order valence-electron chi connectivity index (χ3n) is 2.60. The van der Waals surface area contributed by atoms with Crippen LogP contribution in [0.25, 0.3) is 0 Å². The summed E-state index contributed by atoms with van der Waals surface area (Å²) < 4.78 is 17.7. The molecule has 1 amide bonds. The van der Waals surface area contributed by atoms with Gasteiger partial charge in [-0.25, -0.2) is 14.0 Å². The Morgan fingerprint density at radius 3 is 2.73 bits per heavy atom. The number of halogens is 1. The predicted octanol–water partition coefficient (Wildman–Crippen LogP) is 1.52. The normalized spacial score (nSPS) is 11.9. The zero-order valence-corrected chi connectivity index (χ0v) is 11.9. The highest BCUT2D eigenvalue weighted by molar-refractivity contribution is 5.96. The second-order valence-corrected chi connectivity index (χ2v) is 4.26. The Balaban J connectivity index is 2.66. The fourth-order valence-corrected chi connectivity index (χ4v) is 1.58. The minimum Gasteiger partial charge on any atom is -0.480 e. The van der Waals surface area contributed by atoms with Gasteiger partial charge in [-0.15, -0.1) is 0 Å². The number of carboxylic acid groups (broad SMARTS) is 1. The lowest BCUT2D eigenvalue weighted by Gasteiger charge is -2.12. The maximum atomic E-state index is 13.0. The zero-order chi connectivity index (χ0) is 16.5. The van der Waals surface area contributed by atoms with Crippen LogP contribution in [0.5, 0.6) is 0 Å². The lowest BCUT2D eigenvalue weighted by molar-refractivity contribution is -0.139. The zero-order valence-electron chi connectivity index (χ0n) is 11.9. The van der Waals surface area contributed by atoms with Crippen LogP contribution in [0.4, 0.5) is 4.39 Å². The highest BCUT2D eigenvalue weighted by atomic mass is 19.1. The Labute approximate surface area is 126 Å². The Bertz CT molecular complexity index is 585. The maximum absolute atomic E-state index is 13.0. The van der Waals surface area contributed by atoms with Crippen LogP contribution in [-0.4, -0.2) is 35.6 Å². The molecule has 0 aliphatic heterocycles. The number of carbonyl (C=O) groups excluding carboxylic acids is 2. The molecule has 0 spiro atoms. The molecule has 0 bridgehead atoms. The summed E-state index contributed by atoms with van der Waals surface area (Å²) in [4.78, 5) is 34.0. The third-order valence-corrected chi connectivity index (χ3v) is 2.60. The Morgan fingerprint density at radius 1 is 1.41 bits per heavy atom. The van der Waals surface area contributed by atoms with Gasteiger partial charge in [0.25, 0.3) is 5.91 Å². The minimum atomic E-state index is -1.27. The van der Waals surface area contributed by atoms with Gasteiger partial charge in [0, 0.05) is 11.6 Å². The molecule has 0 saturated heterocycles. The summed E-state index contributed by atoms with van der Waals surface area (Å²) in [5.74, 6) is -3.17. The molecule has 0 unspecified atom stereocenters. The molecule has 22 heavy (non-hydrogen) atoms. The molecule has 1 aromatic rings. The van der Waals surface area contributed by atoms with E-state index in [4.69, 9.17) is 5.11 Å². The Hall–Kier alpha value is -2.70. The molecule has 0 heterocycles. The molecule has 7 heteroatoms. The smallest absolute Gasteiger partial charge is 0.330 e. The average Bonchev–Trinajstić information content (AvgIpc) is 2.46. The van der Waals surface area contributed by atoms with E-state index in [9.17, 15) is 18.8 Å². The van der Waals surface area contributed by atoms with E-state index in [2.05, 4.69) is 10.1 Å². The van der Waals surface area contributed by atoms with Crippen molar-refractivity contribution >= 4 is 17.8 Å². The van der Waals surface area contributed by atoms with Crippen molar-refractivity contribution in [3.8, 4) is 0 Å². The predicted molar refractivity (Wildman–Crippen MR) is 75.7 cm³/mol. The number of esters is 1. The van der Waals surface area contributed by atoms with Crippen LogP contribution in [-0.2, 0) is 14.3 Å². The molecule has 0 saturated carbocycles. The molecule has 0 aliphatic carbocycles. The van der Waals surface area contributed by atoms with E-state index in [1.807, 2.05) is 0 Å². The molecule has 1 aromatic carbocycles. The van der Waals surface area contributed by atoms with Gasteiger partial charge in [-0.2, -0.15) is 0 Å². The quantitative estimate of drug-likeness (QED) is 0.588. The van der Waals surface area contributed by atoms with Gasteiger partial charge in [0.05, 0.1) is 6.61 Å². The summed E-state index contributed by atoms with van der Waals surface area (Å²) in [5.41, 5.74) is 0.0145. The first-order valence-electron chi connectivity index (χ1n) is 6.56. The van der Waals surface area contributed by atoms with Crippen molar-refractivity contribution in [3.05, 3.63) is 47.8 Å². The van der Waals surface area contributed by atoms with E-state index in [1.54, 1.807) is 6.92 Å². The van der Waals surface area contributed by atoms with Gasteiger partial charge in [-0.05, 0) is 31.5 Å². The van der Waals surface area contributed by atoms with Gasteiger partial charge in [0.2, 0.25) is 0 Å². The number of carboxylic acids is 1. The molecular formula is C15H16FNO5. The van der Waals surface area contributed by atoms with Crippen LogP contribution in [0, 0.1) is 5.82 Å². The summed E-state index contributed by atoms with van der Waals surface area (Å²) in [5, 5.41) is 11.3. The van der Waals surface area contributed by atoms with Crippen LogP contribution >= 0.6 is 0 Å². The van der Waals surface area contributed by atoms with Gasteiger partial charge in [0.15, 0.2) is 0 Å². The number of aliphatic carboxylic acids is 1. The molecular weight excluding hydrogens is 293 g/mol. The van der Waals surface area contributed by atoms with Crippen molar-refractivity contribution < 1.29 is 28.6 Å². The number of carbonyl (C=O) groups is 3. The summed E-state index contributed by atoms with van der Waals surface area (Å²) in [6.07, 6.45) is 2.28. The van der Waals surface area contributed by atoms with E-state index >= 15 is 0 Å². The molecule has 118 valence electrons. The first-order valence-corrected chi connectivity index (χ1v) is 6.56. The van der Waals surface area contributed by atoms with Gasteiger partial charge in [-0.3, -0.25) is 4.79 Å². The SMILES string of the molecule is CCOC(=O)/C=C/C[C@H](NC(=O)c1cccc(F)c1)C(=O)O. The topological polar surface area (TPSA) is 92.7 Å². The van der Waals surface area contributed by atoms with E-state index in [-0.39, 0.29) is 18.6 Å². The highest BCUT2D eigenvalue weighted by Crippen LogP contribution is 2.05. The highest BCUT2D eigenvalue weighted by Gasteiger charge is 2.19. The first kappa shape index (κ1) is 17.4. The van der Waals surface area contributed by atoms with Gasteiger partial charge in [0.1, 0.15) is 11.9 Å². The summed E-state index contributed by atoms with van der Waals surface area (Å²) in [6, 6.07) is 3.66. The average molecular weight is 309 g/mol. The summed E-state index contributed by atoms with van der Waals surface area (Å²) in [7, 11) is 0. The van der Waals surface area contributed by atoms with Gasteiger partial charge >= 0.3 is 11.9 Å².